The Kier molecular flexibility index (Phi) is 42.5. The van der Waals surface area contributed by atoms with Crippen LogP contribution >= 0.6 is 0 Å². The van der Waals surface area contributed by atoms with E-state index in [-0.39, 0.29) is 6.61 Å². The zero-order valence-electron chi connectivity index (χ0n) is 43.5. The van der Waals surface area contributed by atoms with E-state index in [4.69, 9.17) is 10.2 Å². The number of likely N-dealkylation sites (N-methyl/N-ethyl adjacent to an activating group) is 1. The fourth-order valence-corrected chi connectivity index (χ4v) is 8.28. The third kappa shape index (κ3) is 34.1. The van der Waals surface area contributed by atoms with E-state index in [0.717, 1.165) is 49.9 Å². The maximum Gasteiger partial charge on any atom is 0.0402 e. The first-order chi connectivity index (χ1) is 28.6. The molecule has 0 aromatic heterocycles. The number of hydrogen-bond acceptors (Lipinski definition) is 10. The second kappa shape index (κ2) is 41.3. The molecular weight excluding hydrogens is 745 g/mol. The van der Waals surface area contributed by atoms with Gasteiger partial charge in [0.05, 0.1) is 0 Å². The highest BCUT2D eigenvalue weighted by molar-refractivity contribution is 4.73. The van der Waals surface area contributed by atoms with E-state index in [0.29, 0.717) is 0 Å². The number of nitrogens with zero attached hydrogens (tertiary/aromatic N) is 7. The molecule has 10 nitrogen and oxygen atoms in total. The first-order valence-electron chi connectivity index (χ1n) is 25.5. The number of piperazine rings is 1. The van der Waals surface area contributed by atoms with Crippen LogP contribution in [0.2, 0.25) is 0 Å². The summed E-state index contributed by atoms with van der Waals surface area (Å²) >= 11 is 0. The van der Waals surface area contributed by atoms with Gasteiger partial charge in [-0.15, -0.1) is 0 Å². The molecule has 6 rings (SSSR count). The summed E-state index contributed by atoms with van der Waals surface area (Å²) in [5.41, 5.74) is 0. The second-order valence-electron chi connectivity index (χ2n) is 19.4. The van der Waals surface area contributed by atoms with Gasteiger partial charge in [0.15, 0.2) is 0 Å². The number of likely N-dealkylation sites (tertiary alicyclic amines) is 4. The molecule has 0 bridgehead atoms. The number of nitrogens with one attached hydrogen (secondary N) is 1. The van der Waals surface area contributed by atoms with E-state index >= 15 is 0 Å². The van der Waals surface area contributed by atoms with E-state index in [9.17, 15) is 0 Å². The molecule has 0 atom stereocenters. The van der Waals surface area contributed by atoms with Crippen molar-refractivity contribution >= 4 is 0 Å². The highest BCUT2D eigenvalue weighted by atomic mass is 16.2. The third-order valence-electron chi connectivity index (χ3n) is 12.6. The van der Waals surface area contributed by atoms with Crippen LogP contribution in [-0.2, 0) is 0 Å². The molecule has 364 valence electrons. The van der Waals surface area contributed by atoms with Gasteiger partial charge in [-0.2, -0.15) is 0 Å². The van der Waals surface area contributed by atoms with Gasteiger partial charge < -0.3 is 40.0 Å². The Balaban J connectivity index is 0. The monoisotopic (exact) mass is 857 g/mol. The van der Waals surface area contributed by atoms with Crippen molar-refractivity contribution in [2.75, 3.05) is 125 Å². The van der Waals surface area contributed by atoms with Crippen molar-refractivity contribution in [2.45, 2.75) is 203 Å². The van der Waals surface area contributed by atoms with E-state index in [1.54, 1.807) is 6.92 Å². The molecule has 0 unspecified atom stereocenters. The van der Waals surface area contributed by atoms with Crippen LogP contribution in [0.25, 0.3) is 0 Å². The van der Waals surface area contributed by atoms with Crippen molar-refractivity contribution in [2.24, 2.45) is 0 Å². The van der Waals surface area contributed by atoms with Crippen LogP contribution in [-0.4, -0.2) is 206 Å². The van der Waals surface area contributed by atoms with Gasteiger partial charge in [0.1, 0.15) is 0 Å². The van der Waals surface area contributed by atoms with E-state index in [1.807, 2.05) is 0 Å². The molecule has 6 heterocycles. The van der Waals surface area contributed by atoms with Gasteiger partial charge in [-0.25, -0.2) is 0 Å². The summed E-state index contributed by atoms with van der Waals surface area (Å²) in [6, 6.07) is 4.53. The van der Waals surface area contributed by atoms with Crippen molar-refractivity contribution in [3.63, 3.8) is 0 Å². The molecule has 3 N–H and O–H groups in total. The molecule has 6 aliphatic rings. The van der Waals surface area contributed by atoms with Crippen LogP contribution in [0.3, 0.4) is 0 Å². The van der Waals surface area contributed by atoms with Crippen LogP contribution in [0.5, 0.6) is 0 Å². The molecule has 0 aromatic carbocycles. The predicted molar refractivity (Wildman–Crippen MR) is 267 cm³/mol. The summed E-state index contributed by atoms with van der Waals surface area (Å²) in [7, 11) is 3.19. The smallest absolute Gasteiger partial charge is 0.0402 e. The summed E-state index contributed by atoms with van der Waals surface area (Å²) < 4.78 is 0. The Labute approximate surface area is 377 Å². The average molecular weight is 857 g/mol. The Morgan fingerprint density at radius 2 is 0.550 bits per heavy atom. The van der Waals surface area contributed by atoms with Crippen LogP contribution in [0, 0.1) is 0 Å². The van der Waals surface area contributed by atoms with Crippen LogP contribution < -0.4 is 5.32 Å². The van der Waals surface area contributed by atoms with Crippen molar-refractivity contribution in [3.05, 3.63) is 0 Å². The molecule has 6 saturated heterocycles. The fourth-order valence-electron chi connectivity index (χ4n) is 8.28. The first-order valence-corrected chi connectivity index (χ1v) is 25.5. The number of rotatable bonds is 6. The van der Waals surface area contributed by atoms with Crippen LogP contribution in [0.4, 0.5) is 0 Å². The number of aliphatic hydroxyl groups excluding tert-OH is 2. The minimum Gasteiger partial charge on any atom is -0.400 e. The van der Waals surface area contributed by atoms with Crippen molar-refractivity contribution in [3.8, 4) is 0 Å². The Morgan fingerprint density at radius 3 is 0.833 bits per heavy atom. The lowest BCUT2D eigenvalue weighted by Crippen LogP contribution is -2.47. The second-order valence-corrected chi connectivity index (χ2v) is 19.4. The molecule has 0 aliphatic carbocycles. The molecule has 0 saturated carbocycles. The maximum absolute atomic E-state index is 7.57. The summed E-state index contributed by atoms with van der Waals surface area (Å²) in [4.78, 5) is 17.6. The van der Waals surface area contributed by atoms with Gasteiger partial charge >= 0.3 is 0 Å². The molecule has 6 fully saturated rings. The third-order valence-corrected chi connectivity index (χ3v) is 12.6. The standard InChI is InChI=1S/C9H19N.2C8H18N2.C8H17N.2C7H15N.C2H6O.CH4O/c1-9(2)10-7-5-3-4-6-8-10;1-8(2)10-6-4-9(3)5-7-10;1-8(2)10-6-3-4-9-5-7-10;1-8(2)9-6-4-3-5-7-9;2*1-7(2)8-5-3-4-6-8;1-2-3;1-2/h9H,3-8H2,1-2H3;8H,4-7H2,1-3H3;8-9H,3-7H2,1-2H3;8H,3-7H2,1-2H3;2*7H,3-6H2,1-2H3;3H,2H2,1H3;2H,1H3. The lowest BCUT2D eigenvalue weighted by atomic mass is 10.1. The highest BCUT2D eigenvalue weighted by Gasteiger charge is 2.17. The van der Waals surface area contributed by atoms with Gasteiger partial charge in [0.25, 0.3) is 0 Å². The molecule has 0 spiro atoms. The van der Waals surface area contributed by atoms with Crippen molar-refractivity contribution in [1.82, 2.24) is 39.6 Å². The van der Waals surface area contributed by atoms with E-state index < -0.39 is 0 Å². The van der Waals surface area contributed by atoms with Gasteiger partial charge in [0, 0.05) is 89.2 Å². The largest absolute Gasteiger partial charge is 0.400 e. The lowest BCUT2D eigenvalue weighted by Gasteiger charge is -2.34. The van der Waals surface area contributed by atoms with Crippen molar-refractivity contribution < 1.29 is 10.2 Å². The maximum atomic E-state index is 7.57. The number of aliphatic hydroxyl groups is 2. The lowest BCUT2D eigenvalue weighted by molar-refractivity contribution is 0.126. The average Bonchev–Trinajstić information content (AvgIpc) is 3.85. The zero-order valence-corrected chi connectivity index (χ0v) is 43.5. The van der Waals surface area contributed by atoms with Crippen LogP contribution in [0.15, 0.2) is 0 Å². The minimum atomic E-state index is 0.250. The molecule has 60 heavy (non-hydrogen) atoms. The van der Waals surface area contributed by atoms with Gasteiger partial charge in [-0.3, -0.25) is 9.80 Å². The summed E-state index contributed by atoms with van der Waals surface area (Å²) in [5.74, 6) is 0. The van der Waals surface area contributed by atoms with Gasteiger partial charge in [-0.05, 0) is 220 Å². The first kappa shape index (κ1) is 61.7. The molecular formula is C50H112N8O2. The Bertz CT molecular complexity index is 791. The summed E-state index contributed by atoms with van der Waals surface area (Å²) in [5, 5.41) is 18.0. The molecule has 0 amide bonds. The summed E-state index contributed by atoms with van der Waals surface area (Å²) in [6.45, 7) is 49.7. The fraction of sp³-hybridized carbons (Fsp3) is 1.00. The van der Waals surface area contributed by atoms with Gasteiger partial charge in [0.2, 0.25) is 0 Å². The molecule has 0 radical (unpaired) electrons. The molecule has 10 heteroatoms. The minimum absolute atomic E-state index is 0.250. The molecule has 0 aromatic rings. The van der Waals surface area contributed by atoms with Gasteiger partial charge in [-0.1, -0.05) is 19.3 Å². The number of hydrogen-bond donors (Lipinski definition) is 3. The zero-order chi connectivity index (χ0) is 45.7. The number of piperidine rings is 1. The predicted octanol–water partition coefficient (Wildman–Crippen LogP) is 8.07. The topological polar surface area (TPSA) is 75.2 Å². The van der Waals surface area contributed by atoms with Crippen LogP contribution in [0.1, 0.15) is 167 Å². The highest BCUT2D eigenvalue weighted by Crippen LogP contribution is 2.13. The van der Waals surface area contributed by atoms with Crippen molar-refractivity contribution in [1.29, 1.82) is 0 Å². The van der Waals surface area contributed by atoms with E-state index in [1.165, 1.54) is 175 Å². The van der Waals surface area contributed by atoms with E-state index in [2.05, 4.69) is 130 Å². The molecule has 6 aliphatic heterocycles. The summed E-state index contributed by atoms with van der Waals surface area (Å²) in [6.07, 6.45) is 17.0. The Hall–Kier alpha value is -0.400. The normalized spacial score (nSPS) is 21.6. The quantitative estimate of drug-likeness (QED) is 0.245. The Morgan fingerprint density at radius 1 is 0.333 bits per heavy atom. The SMILES string of the molecule is CC(C)N1CCCC1.CC(C)N1CCCC1.CC(C)N1CCCCC1.CC(C)N1CCCCCC1.CC(C)N1CCCNCC1.CC(C)N1CCN(C)CC1.CCO.CO.